The Morgan fingerprint density at radius 3 is 2.71 bits per heavy atom. The van der Waals surface area contributed by atoms with E-state index in [1.807, 2.05) is 25.1 Å². The highest BCUT2D eigenvalue weighted by molar-refractivity contribution is 6.42. The molecular weight excluding hydrogens is 253 g/mol. The summed E-state index contributed by atoms with van der Waals surface area (Å²) in [5.74, 6) is 0. The molecule has 0 fully saturated rings. The molecule has 0 saturated carbocycles. The zero-order valence-electron chi connectivity index (χ0n) is 10.4. The molecule has 1 atom stereocenters. The van der Waals surface area contributed by atoms with Gasteiger partial charge in [-0.3, -0.25) is 0 Å². The van der Waals surface area contributed by atoms with E-state index in [1.54, 1.807) is 0 Å². The van der Waals surface area contributed by atoms with E-state index in [0.717, 1.165) is 24.9 Å². The molecule has 0 saturated heterocycles. The lowest BCUT2D eigenvalue weighted by molar-refractivity contribution is 0.515. The van der Waals surface area contributed by atoms with Crippen molar-refractivity contribution in [3.63, 3.8) is 0 Å². The highest BCUT2D eigenvalue weighted by atomic mass is 35.5. The summed E-state index contributed by atoms with van der Waals surface area (Å²) >= 11 is 12.3. The molecule has 0 aliphatic rings. The molecule has 1 N–H and O–H groups in total. The zero-order valence-corrected chi connectivity index (χ0v) is 11.9. The van der Waals surface area contributed by atoms with Crippen molar-refractivity contribution < 1.29 is 0 Å². The fourth-order valence-corrected chi connectivity index (χ4v) is 2.23. The zero-order chi connectivity index (χ0) is 12.8. The maximum atomic E-state index is 6.24. The Bertz CT molecular complexity index is 388. The van der Waals surface area contributed by atoms with Crippen molar-refractivity contribution in [3.05, 3.63) is 46.0 Å². The van der Waals surface area contributed by atoms with E-state index in [0.29, 0.717) is 10.0 Å². The fraction of sp³-hybridized carbons (Fsp3) is 0.429. The molecule has 1 nitrogen and oxygen atoms in total. The van der Waals surface area contributed by atoms with Gasteiger partial charge >= 0.3 is 0 Å². The van der Waals surface area contributed by atoms with Gasteiger partial charge in [-0.05, 0) is 37.9 Å². The molecule has 1 rings (SSSR count). The third-order valence-corrected chi connectivity index (χ3v) is 3.50. The van der Waals surface area contributed by atoms with Gasteiger partial charge in [0.05, 0.1) is 10.0 Å². The second kappa shape index (κ2) is 7.05. The van der Waals surface area contributed by atoms with Crippen LogP contribution in [0.25, 0.3) is 0 Å². The lowest BCUT2D eigenvalue weighted by atomic mass is 10.00. The Kier molecular flexibility index (Phi) is 6.04. The van der Waals surface area contributed by atoms with Crippen LogP contribution in [0.4, 0.5) is 0 Å². The van der Waals surface area contributed by atoms with Gasteiger partial charge < -0.3 is 5.32 Å². The standard InChI is InChI=1S/C14H19Cl2N/c1-4-17-13(9-8-10(2)3)11-6-5-7-12(15)14(11)16/h5-7,13,17H,2,4,8-9H2,1,3H3. The van der Waals surface area contributed by atoms with Crippen molar-refractivity contribution in [2.75, 3.05) is 6.54 Å². The Morgan fingerprint density at radius 2 is 2.12 bits per heavy atom. The average Bonchev–Trinajstić information content (AvgIpc) is 2.28. The van der Waals surface area contributed by atoms with Crippen LogP contribution in [0.2, 0.25) is 10.0 Å². The van der Waals surface area contributed by atoms with Gasteiger partial charge in [0.2, 0.25) is 0 Å². The molecular formula is C14H19Cl2N. The number of halogens is 2. The first-order chi connectivity index (χ1) is 8.06. The van der Waals surface area contributed by atoms with Gasteiger partial charge in [0.1, 0.15) is 0 Å². The van der Waals surface area contributed by atoms with E-state index >= 15 is 0 Å². The van der Waals surface area contributed by atoms with Gasteiger partial charge in [-0.15, -0.1) is 6.58 Å². The monoisotopic (exact) mass is 271 g/mol. The summed E-state index contributed by atoms with van der Waals surface area (Å²) in [7, 11) is 0. The van der Waals surface area contributed by atoms with Crippen molar-refractivity contribution in [1.29, 1.82) is 0 Å². The van der Waals surface area contributed by atoms with E-state index in [2.05, 4.69) is 18.8 Å². The van der Waals surface area contributed by atoms with Gasteiger partial charge in [-0.1, -0.05) is 47.8 Å². The number of rotatable bonds is 6. The third kappa shape index (κ3) is 4.34. The maximum Gasteiger partial charge on any atom is 0.0640 e. The molecule has 17 heavy (non-hydrogen) atoms. The quantitative estimate of drug-likeness (QED) is 0.718. The molecule has 1 aromatic carbocycles. The lowest BCUT2D eigenvalue weighted by Gasteiger charge is -2.20. The van der Waals surface area contributed by atoms with Crippen molar-refractivity contribution in [2.24, 2.45) is 0 Å². The maximum absolute atomic E-state index is 6.24. The topological polar surface area (TPSA) is 12.0 Å². The summed E-state index contributed by atoms with van der Waals surface area (Å²) in [5.41, 5.74) is 2.26. The number of hydrogen-bond acceptors (Lipinski definition) is 1. The van der Waals surface area contributed by atoms with Gasteiger partial charge in [0, 0.05) is 6.04 Å². The van der Waals surface area contributed by atoms with E-state index in [4.69, 9.17) is 23.2 Å². The van der Waals surface area contributed by atoms with Crippen LogP contribution in [0, 0.1) is 0 Å². The molecule has 1 unspecified atom stereocenters. The first-order valence-electron chi connectivity index (χ1n) is 5.88. The predicted octanol–water partition coefficient (Wildman–Crippen LogP) is 5.00. The first-order valence-corrected chi connectivity index (χ1v) is 6.63. The van der Waals surface area contributed by atoms with Crippen LogP contribution in [0.1, 0.15) is 38.3 Å². The third-order valence-electron chi connectivity index (χ3n) is 2.67. The molecule has 0 aromatic heterocycles. The van der Waals surface area contributed by atoms with Gasteiger partial charge in [-0.25, -0.2) is 0 Å². The Labute approximate surface area is 114 Å². The Hall–Kier alpha value is -0.500. The minimum Gasteiger partial charge on any atom is -0.310 e. The second-order valence-corrected chi connectivity index (χ2v) is 5.03. The van der Waals surface area contributed by atoms with Crippen molar-refractivity contribution in [2.45, 2.75) is 32.7 Å². The highest BCUT2D eigenvalue weighted by Gasteiger charge is 2.15. The molecule has 1 aromatic rings. The smallest absolute Gasteiger partial charge is 0.0640 e. The van der Waals surface area contributed by atoms with Crippen molar-refractivity contribution >= 4 is 23.2 Å². The molecule has 0 bridgehead atoms. The number of nitrogens with one attached hydrogen (secondary N) is 1. The summed E-state index contributed by atoms with van der Waals surface area (Å²) in [6.45, 7) is 8.97. The van der Waals surface area contributed by atoms with Crippen LogP contribution in [0.5, 0.6) is 0 Å². The number of hydrogen-bond donors (Lipinski definition) is 1. The normalized spacial score (nSPS) is 12.5. The molecule has 0 heterocycles. The molecule has 0 amide bonds. The minimum atomic E-state index is 0.239. The average molecular weight is 272 g/mol. The summed E-state index contributed by atoms with van der Waals surface area (Å²) in [4.78, 5) is 0. The van der Waals surface area contributed by atoms with Crippen LogP contribution in [0.15, 0.2) is 30.4 Å². The Morgan fingerprint density at radius 1 is 1.41 bits per heavy atom. The fourth-order valence-electron chi connectivity index (χ4n) is 1.79. The van der Waals surface area contributed by atoms with E-state index < -0.39 is 0 Å². The highest BCUT2D eigenvalue weighted by Crippen LogP contribution is 2.32. The van der Waals surface area contributed by atoms with E-state index in [1.165, 1.54) is 5.57 Å². The van der Waals surface area contributed by atoms with Crippen molar-refractivity contribution in [1.82, 2.24) is 5.32 Å². The Balaban J connectivity index is 2.88. The van der Waals surface area contributed by atoms with Gasteiger partial charge in [0.25, 0.3) is 0 Å². The van der Waals surface area contributed by atoms with Crippen LogP contribution < -0.4 is 5.32 Å². The lowest BCUT2D eigenvalue weighted by Crippen LogP contribution is -2.21. The van der Waals surface area contributed by atoms with Crippen LogP contribution >= 0.6 is 23.2 Å². The summed E-state index contributed by atoms with van der Waals surface area (Å²) < 4.78 is 0. The van der Waals surface area contributed by atoms with E-state index in [9.17, 15) is 0 Å². The predicted molar refractivity (Wildman–Crippen MR) is 76.9 cm³/mol. The molecule has 3 heteroatoms. The van der Waals surface area contributed by atoms with Crippen molar-refractivity contribution in [3.8, 4) is 0 Å². The first kappa shape index (κ1) is 14.6. The second-order valence-electron chi connectivity index (χ2n) is 4.25. The molecule has 0 spiro atoms. The SMILES string of the molecule is C=C(C)CCC(NCC)c1cccc(Cl)c1Cl. The molecule has 0 aliphatic carbocycles. The van der Waals surface area contributed by atoms with Gasteiger partial charge in [-0.2, -0.15) is 0 Å². The largest absolute Gasteiger partial charge is 0.310 e. The summed E-state index contributed by atoms with van der Waals surface area (Å²) in [6.07, 6.45) is 1.98. The summed E-state index contributed by atoms with van der Waals surface area (Å²) in [6, 6.07) is 6.02. The minimum absolute atomic E-state index is 0.239. The molecule has 94 valence electrons. The van der Waals surface area contributed by atoms with Gasteiger partial charge in [0.15, 0.2) is 0 Å². The van der Waals surface area contributed by atoms with E-state index in [-0.39, 0.29) is 6.04 Å². The van der Waals surface area contributed by atoms with Crippen LogP contribution in [-0.4, -0.2) is 6.54 Å². The summed E-state index contributed by atoms with van der Waals surface area (Å²) in [5, 5.41) is 4.71. The molecule has 0 radical (unpaired) electrons. The van der Waals surface area contributed by atoms with Crippen LogP contribution in [-0.2, 0) is 0 Å². The number of benzene rings is 1. The number of allylic oxidation sites excluding steroid dienone is 1. The van der Waals surface area contributed by atoms with Crippen LogP contribution in [0.3, 0.4) is 0 Å². The molecule has 0 aliphatic heterocycles.